The molecule has 1 N–H and O–H groups in total. The summed E-state index contributed by atoms with van der Waals surface area (Å²) in [5, 5.41) is 2.73. The molecule has 0 aliphatic carbocycles. The SMILES string of the molecule is CC(=O)N1C[C@H](C(=O)Nc2cc(C)ccn2)Oc2ccccc21. The molecule has 6 heteroatoms. The van der Waals surface area contributed by atoms with Crippen LogP contribution in [0.25, 0.3) is 0 Å². The molecule has 1 aromatic carbocycles. The Morgan fingerprint density at radius 1 is 1.30 bits per heavy atom. The zero-order chi connectivity index (χ0) is 16.4. The molecular formula is C17H17N3O3. The summed E-state index contributed by atoms with van der Waals surface area (Å²) in [7, 11) is 0. The molecule has 0 bridgehead atoms. The fourth-order valence-electron chi connectivity index (χ4n) is 2.48. The zero-order valence-electron chi connectivity index (χ0n) is 12.9. The number of carbonyl (C=O) groups excluding carboxylic acids is 2. The van der Waals surface area contributed by atoms with E-state index in [-0.39, 0.29) is 18.4 Å². The third-order valence-electron chi connectivity index (χ3n) is 3.61. The summed E-state index contributed by atoms with van der Waals surface area (Å²) >= 11 is 0. The largest absolute Gasteiger partial charge is 0.476 e. The van der Waals surface area contributed by atoms with E-state index in [1.54, 1.807) is 35.4 Å². The predicted octanol–water partition coefficient (Wildman–Crippen LogP) is 2.14. The van der Waals surface area contributed by atoms with Gasteiger partial charge in [0.2, 0.25) is 5.91 Å². The number of nitrogens with zero attached hydrogens (tertiary/aromatic N) is 2. The second-order valence-corrected chi connectivity index (χ2v) is 5.41. The maximum Gasteiger partial charge on any atom is 0.268 e. The Hall–Kier alpha value is -2.89. The van der Waals surface area contributed by atoms with Gasteiger partial charge in [-0.2, -0.15) is 0 Å². The van der Waals surface area contributed by atoms with E-state index in [0.29, 0.717) is 17.3 Å². The molecule has 1 aliphatic heterocycles. The summed E-state index contributed by atoms with van der Waals surface area (Å²) in [5.41, 5.74) is 1.67. The van der Waals surface area contributed by atoms with Crippen LogP contribution in [0, 0.1) is 6.92 Å². The number of rotatable bonds is 2. The second kappa shape index (κ2) is 6.08. The first kappa shape index (κ1) is 15.0. The van der Waals surface area contributed by atoms with Gasteiger partial charge in [-0.3, -0.25) is 9.59 Å². The van der Waals surface area contributed by atoms with Gasteiger partial charge >= 0.3 is 0 Å². The highest BCUT2D eigenvalue weighted by Gasteiger charge is 2.32. The molecule has 6 nitrogen and oxygen atoms in total. The molecule has 0 unspecified atom stereocenters. The number of amides is 2. The number of anilines is 2. The van der Waals surface area contributed by atoms with Gasteiger partial charge in [-0.1, -0.05) is 12.1 Å². The highest BCUT2D eigenvalue weighted by molar-refractivity contribution is 5.99. The van der Waals surface area contributed by atoms with Gasteiger partial charge in [0, 0.05) is 13.1 Å². The minimum atomic E-state index is -0.781. The van der Waals surface area contributed by atoms with Gasteiger partial charge in [0.05, 0.1) is 12.2 Å². The number of pyridine rings is 1. The quantitative estimate of drug-likeness (QED) is 0.922. The number of ether oxygens (including phenoxy) is 1. The van der Waals surface area contributed by atoms with Crippen LogP contribution < -0.4 is 15.0 Å². The van der Waals surface area contributed by atoms with Crippen molar-refractivity contribution in [3.8, 4) is 5.75 Å². The van der Waals surface area contributed by atoms with Gasteiger partial charge in [-0.15, -0.1) is 0 Å². The van der Waals surface area contributed by atoms with E-state index in [0.717, 1.165) is 5.56 Å². The lowest BCUT2D eigenvalue weighted by atomic mass is 10.1. The van der Waals surface area contributed by atoms with E-state index in [1.807, 2.05) is 19.1 Å². The standard InChI is InChI=1S/C17H17N3O3/c1-11-7-8-18-16(9-11)19-17(22)15-10-20(12(2)21)13-5-3-4-6-14(13)23-15/h3-9,15H,10H2,1-2H3,(H,18,19,22)/t15-/m1/s1. The van der Waals surface area contributed by atoms with Crippen molar-refractivity contribution in [2.75, 3.05) is 16.8 Å². The molecule has 1 aliphatic rings. The van der Waals surface area contributed by atoms with Crippen LogP contribution >= 0.6 is 0 Å². The molecule has 118 valence electrons. The van der Waals surface area contributed by atoms with Crippen LogP contribution in [0.2, 0.25) is 0 Å². The number of aromatic nitrogens is 1. The lowest BCUT2D eigenvalue weighted by Gasteiger charge is -2.33. The van der Waals surface area contributed by atoms with Crippen molar-refractivity contribution in [3.63, 3.8) is 0 Å². The van der Waals surface area contributed by atoms with Gasteiger partial charge in [-0.25, -0.2) is 4.98 Å². The van der Waals surface area contributed by atoms with E-state index in [2.05, 4.69) is 10.3 Å². The Labute approximate surface area is 134 Å². The summed E-state index contributed by atoms with van der Waals surface area (Å²) in [5.74, 6) is 0.522. The monoisotopic (exact) mass is 311 g/mol. The molecule has 2 aromatic rings. The Morgan fingerprint density at radius 2 is 2.09 bits per heavy atom. The maximum atomic E-state index is 12.4. The molecule has 2 amide bonds. The van der Waals surface area contributed by atoms with E-state index in [4.69, 9.17) is 4.74 Å². The Morgan fingerprint density at radius 3 is 2.83 bits per heavy atom. The number of carbonyl (C=O) groups is 2. The summed E-state index contributed by atoms with van der Waals surface area (Å²) in [6.07, 6.45) is 0.847. The van der Waals surface area contributed by atoms with Crippen molar-refractivity contribution >= 4 is 23.3 Å². The van der Waals surface area contributed by atoms with Crippen LogP contribution in [0.4, 0.5) is 11.5 Å². The number of aryl methyl sites for hydroxylation is 1. The van der Waals surface area contributed by atoms with Crippen molar-refractivity contribution in [2.24, 2.45) is 0 Å². The topological polar surface area (TPSA) is 71.5 Å². The number of hydrogen-bond acceptors (Lipinski definition) is 4. The van der Waals surface area contributed by atoms with Gasteiger partial charge < -0.3 is 15.0 Å². The highest BCUT2D eigenvalue weighted by Crippen LogP contribution is 2.33. The third-order valence-corrected chi connectivity index (χ3v) is 3.61. The van der Waals surface area contributed by atoms with Gasteiger partial charge in [0.15, 0.2) is 6.10 Å². The number of fused-ring (bicyclic) bond motifs is 1. The molecule has 0 spiro atoms. The minimum Gasteiger partial charge on any atom is -0.476 e. The van der Waals surface area contributed by atoms with Crippen molar-refractivity contribution in [3.05, 3.63) is 48.2 Å². The highest BCUT2D eigenvalue weighted by atomic mass is 16.5. The first-order chi connectivity index (χ1) is 11.0. The molecule has 0 fully saturated rings. The molecule has 1 atom stereocenters. The van der Waals surface area contributed by atoms with Crippen molar-refractivity contribution in [1.82, 2.24) is 4.98 Å². The first-order valence-corrected chi connectivity index (χ1v) is 7.32. The van der Waals surface area contributed by atoms with Crippen LogP contribution in [0.15, 0.2) is 42.6 Å². The van der Waals surface area contributed by atoms with Crippen LogP contribution in [-0.2, 0) is 9.59 Å². The van der Waals surface area contributed by atoms with Crippen LogP contribution in [0.5, 0.6) is 5.75 Å². The molecule has 0 saturated carbocycles. The van der Waals surface area contributed by atoms with Crippen LogP contribution in [-0.4, -0.2) is 29.4 Å². The normalized spacial score (nSPS) is 16.3. The van der Waals surface area contributed by atoms with Crippen molar-refractivity contribution in [1.29, 1.82) is 0 Å². The molecular weight excluding hydrogens is 294 g/mol. The first-order valence-electron chi connectivity index (χ1n) is 7.32. The van der Waals surface area contributed by atoms with Gasteiger partial charge in [0.25, 0.3) is 5.91 Å². The van der Waals surface area contributed by atoms with Crippen LogP contribution in [0.1, 0.15) is 12.5 Å². The molecule has 0 radical (unpaired) electrons. The molecule has 1 aromatic heterocycles. The van der Waals surface area contributed by atoms with Crippen molar-refractivity contribution < 1.29 is 14.3 Å². The summed E-state index contributed by atoms with van der Waals surface area (Å²) in [4.78, 5) is 30.0. The minimum absolute atomic E-state index is 0.132. The fraction of sp³-hybridized carbons (Fsp3) is 0.235. The van der Waals surface area contributed by atoms with E-state index in [1.165, 1.54) is 6.92 Å². The van der Waals surface area contributed by atoms with E-state index < -0.39 is 6.10 Å². The fourth-order valence-corrected chi connectivity index (χ4v) is 2.48. The Bertz CT molecular complexity index is 760. The zero-order valence-corrected chi connectivity index (χ0v) is 12.9. The third kappa shape index (κ3) is 3.15. The lowest BCUT2D eigenvalue weighted by Crippen LogP contribution is -2.48. The average Bonchev–Trinajstić information content (AvgIpc) is 2.53. The number of nitrogens with one attached hydrogen (secondary N) is 1. The van der Waals surface area contributed by atoms with Crippen molar-refractivity contribution in [2.45, 2.75) is 20.0 Å². The maximum absolute atomic E-state index is 12.4. The summed E-state index contributed by atoms with van der Waals surface area (Å²) < 4.78 is 5.74. The number of benzene rings is 1. The number of para-hydroxylation sites is 2. The Kier molecular flexibility index (Phi) is 3.97. The molecule has 3 rings (SSSR count). The summed E-state index contributed by atoms with van der Waals surface area (Å²) in [6, 6.07) is 10.8. The predicted molar refractivity (Wildman–Crippen MR) is 86.5 cm³/mol. The molecule has 2 heterocycles. The average molecular weight is 311 g/mol. The van der Waals surface area contributed by atoms with E-state index >= 15 is 0 Å². The molecule has 23 heavy (non-hydrogen) atoms. The number of hydrogen-bond donors (Lipinski definition) is 1. The lowest BCUT2D eigenvalue weighted by molar-refractivity contribution is -0.123. The van der Waals surface area contributed by atoms with Crippen LogP contribution in [0.3, 0.4) is 0 Å². The van der Waals surface area contributed by atoms with Gasteiger partial charge in [-0.05, 0) is 36.8 Å². The van der Waals surface area contributed by atoms with E-state index in [9.17, 15) is 9.59 Å². The second-order valence-electron chi connectivity index (χ2n) is 5.41. The summed E-state index contributed by atoms with van der Waals surface area (Å²) in [6.45, 7) is 3.56. The molecule has 0 saturated heterocycles. The Balaban J connectivity index is 1.81. The smallest absolute Gasteiger partial charge is 0.268 e. The van der Waals surface area contributed by atoms with Gasteiger partial charge in [0.1, 0.15) is 11.6 Å².